The van der Waals surface area contributed by atoms with Crippen molar-refractivity contribution in [2.24, 2.45) is 0 Å². The van der Waals surface area contributed by atoms with E-state index in [-0.39, 0.29) is 24.3 Å². The van der Waals surface area contributed by atoms with Crippen LogP contribution in [-0.2, 0) is 19.1 Å². The van der Waals surface area contributed by atoms with E-state index in [0.29, 0.717) is 19.6 Å². The highest BCUT2D eigenvalue weighted by molar-refractivity contribution is 5.76. The molecule has 19 heavy (non-hydrogen) atoms. The quantitative estimate of drug-likeness (QED) is 0.776. The van der Waals surface area contributed by atoms with Crippen LogP contribution in [0.1, 0.15) is 24.9 Å². The van der Waals surface area contributed by atoms with Crippen molar-refractivity contribution in [1.82, 2.24) is 5.06 Å². The van der Waals surface area contributed by atoms with Gasteiger partial charge in [-0.2, -0.15) is 5.06 Å². The molecule has 5 heteroatoms. The average Bonchev–Trinajstić information content (AvgIpc) is 2.85. The summed E-state index contributed by atoms with van der Waals surface area (Å²) in [6.45, 7) is 2.79. The molecule has 2 saturated heterocycles. The zero-order valence-electron chi connectivity index (χ0n) is 10.8. The van der Waals surface area contributed by atoms with Crippen molar-refractivity contribution in [2.75, 3.05) is 13.2 Å². The third-order valence-corrected chi connectivity index (χ3v) is 3.46. The molecule has 2 fully saturated rings. The molecule has 0 unspecified atom stereocenters. The number of ether oxygens (including phenoxy) is 2. The number of hydroxylamine groups is 2. The van der Waals surface area contributed by atoms with Gasteiger partial charge in [0.2, 0.25) is 0 Å². The molecule has 1 aromatic rings. The highest BCUT2D eigenvalue weighted by Crippen LogP contribution is 2.35. The van der Waals surface area contributed by atoms with Gasteiger partial charge in [0.1, 0.15) is 12.6 Å². The maximum atomic E-state index is 11.8. The van der Waals surface area contributed by atoms with Crippen molar-refractivity contribution < 1.29 is 19.1 Å². The zero-order chi connectivity index (χ0) is 13.2. The van der Waals surface area contributed by atoms with Gasteiger partial charge in [0.05, 0.1) is 6.04 Å². The van der Waals surface area contributed by atoms with Crippen LogP contribution in [0.2, 0.25) is 0 Å². The van der Waals surface area contributed by atoms with Crippen LogP contribution in [0.25, 0.3) is 0 Å². The Bertz CT molecular complexity index is 450. The third kappa shape index (κ3) is 2.36. The van der Waals surface area contributed by atoms with Gasteiger partial charge in [-0.05, 0) is 12.5 Å². The largest absolute Gasteiger partial charge is 0.462 e. The lowest BCUT2D eigenvalue weighted by Crippen LogP contribution is -2.46. The molecule has 0 aliphatic carbocycles. The van der Waals surface area contributed by atoms with E-state index in [2.05, 4.69) is 0 Å². The van der Waals surface area contributed by atoms with Crippen LogP contribution in [0.15, 0.2) is 30.3 Å². The zero-order valence-corrected chi connectivity index (χ0v) is 10.8. The van der Waals surface area contributed by atoms with Gasteiger partial charge in [-0.3, -0.25) is 9.63 Å². The van der Waals surface area contributed by atoms with Gasteiger partial charge in [-0.1, -0.05) is 30.3 Å². The molecule has 0 spiro atoms. The van der Waals surface area contributed by atoms with Crippen molar-refractivity contribution in [3.63, 3.8) is 0 Å². The smallest absolute Gasteiger partial charge is 0.326 e. The first-order valence-corrected chi connectivity index (χ1v) is 6.58. The van der Waals surface area contributed by atoms with Crippen molar-refractivity contribution in [1.29, 1.82) is 0 Å². The van der Waals surface area contributed by atoms with Crippen molar-refractivity contribution >= 4 is 5.97 Å². The Morgan fingerprint density at radius 1 is 1.32 bits per heavy atom. The van der Waals surface area contributed by atoms with Gasteiger partial charge in [-0.15, -0.1) is 0 Å². The second kappa shape index (κ2) is 5.28. The Kier molecular flexibility index (Phi) is 3.50. The van der Waals surface area contributed by atoms with Crippen molar-refractivity contribution in [3.05, 3.63) is 35.9 Å². The molecule has 3 atom stereocenters. The number of esters is 1. The molecular weight excluding hydrogens is 246 g/mol. The minimum atomic E-state index is -0.365. The third-order valence-electron chi connectivity index (χ3n) is 3.46. The van der Waals surface area contributed by atoms with Gasteiger partial charge in [-0.25, -0.2) is 0 Å². The Labute approximate surface area is 112 Å². The van der Waals surface area contributed by atoms with Crippen LogP contribution in [0, 0.1) is 0 Å². The fraction of sp³-hybridized carbons (Fsp3) is 0.500. The summed E-state index contributed by atoms with van der Waals surface area (Å²) in [4.78, 5) is 17.6. The van der Waals surface area contributed by atoms with Gasteiger partial charge in [0, 0.05) is 13.0 Å². The molecule has 0 N–H and O–H groups in total. The predicted molar refractivity (Wildman–Crippen MR) is 66.9 cm³/mol. The van der Waals surface area contributed by atoms with Crippen LogP contribution < -0.4 is 0 Å². The number of fused-ring (bicyclic) bond motifs is 1. The number of morpholine rings is 1. The molecule has 0 amide bonds. The Balaban J connectivity index is 1.82. The Morgan fingerprint density at radius 2 is 2.11 bits per heavy atom. The summed E-state index contributed by atoms with van der Waals surface area (Å²) < 4.78 is 10.7. The summed E-state index contributed by atoms with van der Waals surface area (Å²) >= 11 is 0. The maximum Gasteiger partial charge on any atom is 0.326 e. The SMILES string of the molecule is CCO[C@@H]1C[C@@H]2C(=O)OC[C@@H](c3ccccc3)N2O1. The molecule has 2 aliphatic rings. The summed E-state index contributed by atoms with van der Waals surface area (Å²) in [5.74, 6) is -0.227. The minimum Gasteiger partial charge on any atom is -0.462 e. The van der Waals surface area contributed by atoms with Crippen molar-refractivity contribution in [3.8, 4) is 0 Å². The molecule has 0 bridgehead atoms. The number of benzene rings is 1. The number of rotatable bonds is 3. The Morgan fingerprint density at radius 3 is 2.84 bits per heavy atom. The minimum absolute atomic E-state index is 0.0608. The molecule has 3 rings (SSSR count). The van der Waals surface area contributed by atoms with E-state index < -0.39 is 0 Å². The standard InChI is InChI=1S/C14H17NO4/c1-2-17-13-8-11-14(16)18-9-12(15(11)19-13)10-6-4-3-5-7-10/h3-7,11-13H,2,8-9H2,1H3/t11-,12+,13+/m1/s1. The predicted octanol–water partition coefficient (Wildman–Crippen LogP) is 1.65. The number of hydrogen-bond donors (Lipinski definition) is 0. The van der Waals surface area contributed by atoms with E-state index in [9.17, 15) is 4.79 Å². The first kappa shape index (κ1) is 12.6. The van der Waals surface area contributed by atoms with Gasteiger partial charge < -0.3 is 9.47 Å². The topological polar surface area (TPSA) is 48.0 Å². The molecule has 5 nitrogen and oxygen atoms in total. The molecule has 0 aromatic heterocycles. The van der Waals surface area contributed by atoms with E-state index >= 15 is 0 Å². The Hall–Kier alpha value is -1.43. The maximum absolute atomic E-state index is 11.8. The van der Waals surface area contributed by atoms with Crippen LogP contribution in [-0.4, -0.2) is 36.6 Å². The molecule has 102 valence electrons. The molecular formula is C14H17NO4. The lowest BCUT2D eigenvalue weighted by Gasteiger charge is -2.34. The number of carbonyl (C=O) groups is 1. The number of nitrogens with zero attached hydrogens (tertiary/aromatic N) is 1. The fourth-order valence-electron chi connectivity index (χ4n) is 2.56. The molecule has 2 heterocycles. The summed E-state index contributed by atoms with van der Waals surface area (Å²) in [5, 5.41) is 1.74. The highest BCUT2D eigenvalue weighted by atomic mass is 16.8. The first-order valence-electron chi connectivity index (χ1n) is 6.58. The van der Waals surface area contributed by atoms with E-state index in [1.54, 1.807) is 5.06 Å². The van der Waals surface area contributed by atoms with Crippen LogP contribution in [0.3, 0.4) is 0 Å². The molecule has 1 aromatic carbocycles. The number of carbonyl (C=O) groups excluding carboxylic acids is 1. The number of cyclic esters (lactones) is 1. The van der Waals surface area contributed by atoms with Crippen LogP contribution >= 0.6 is 0 Å². The molecule has 2 aliphatic heterocycles. The van der Waals surface area contributed by atoms with Gasteiger partial charge in [0.25, 0.3) is 0 Å². The first-order chi connectivity index (χ1) is 9.29. The second-order valence-electron chi connectivity index (χ2n) is 4.66. The summed E-state index contributed by atoms with van der Waals surface area (Å²) in [6.07, 6.45) is 0.169. The summed E-state index contributed by atoms with van der Waals surface area (Å²) in [5.41, 5.74) is 1.08. The van der Waals surface area contributed by atoms with E-state index in [0.717, 1.165) is 5.56 Å². The van der Waals surface area contributed by atoms with Crippen LogP contribution in [0.5, 0.6) is 0 Å². The average molecular weight is 263 g/mol. The normalized spacial score (nSPS) is 31.0. The van der Waals surface area contributed by atoms with Crippen LogP contribution in [0.4, 0.5) is 0 Å². The number of hydrogen-bond acceptors (Lipinski definition) is 5. The lowest BCUT2D eigenvalue weighted by atomic mass is 10.0. The van der Waals surface area contributed by atoms with Crippen molar-refractivity contribution in [2.45, 2.75) is 31.7 Å². The monoisotopic (exact) mass is 263 g/mol. The van der Waals surface area contributed by atoms with E-state index in [1.807, 2.05) is 37.3 Å². The van der Waals surface area contributed by atoms with E-state index in [4.69, 9.17) is 14.3 Å². The molecule has 0 saturated carbocycles. The summed E-state index contributed by atoms with van der Waals surface area (Å²) in [7, 11) is 0. The molecule has 0 radical (unpaired) electrons. The summed E-state index contributed by atoms with van der Waals surface area (Å²) in [6, 6.07) is 9.50. The fourth-order valence-corrected chi connectivity index (χ4v) is 2.56. The van der Waals surface area contributed by atoms with Gasteiger partial charge in [0.15, 0.2) is 6.29 Å². The van der Waals surface area contributed by atoms with Gasteiger partial charge >= 0.3 is 5.97 Å². The second-order valence-corrected chi connectivity index (χ2v) is 4.66. The lowest BCUT2D eigenvalue weighted by molar-refractivity contribution is -0.270. The van der Waals surface area contributed by atoms with E-state index in [1.165, 1.54) is 0 Å². The highest BCUT2D eigenvalue weighted by Gasteiger charge is 2.47.